The van der Waals surface area contributed by atoms with Crippen LogP contribution in [0, 0.1) is 10.1 Å². The van der Waals surface area contributed by atoms with E-state index in [2.05, 4.69) is 15.5 Å². The maximum Gasteiger partial charge on any atom is 0.314 e. The fourth-order valence-corrected chi connectivity index (χ4v) is 5.97. The molecule has 1 fully saturated rings. The number of carbonyl (C=O) groups excluding carboxylic acids is 2. The van der Waals surface area contributed by atoms with Crippen LogP contribution >= 0.6 is 0 Å². The molecule has 4 rings (SSSR count). The molecule has 0 bridgehead atoms. The third-order valence-corrected chi connectivity index (χ3v) is 8.13. The van der Waals surface area contributed by atoms with Crippen LogP contribution < -0.4 is 10.6 Å². The Morgan fingerprint density at radius 3 is 2.34 bits per heavy atom. The molecule has 2 aliphatic heterocycles. The number of likely N-dealkylation sites (tertiary alicyclic amines) is 1. The summed E-state index contributed by atoms with van der Waals surface area (Å²) >= 11 is 0. The molecular weight excluding hydrogens is 526 g/mol. The summed E-state index contributed by atoms with van der Waals surface area (Å²) in [4.78, 5) is 50.7. The molecule has 2 heterocycles. The Balaban J connectivity index is 1.48. The van der Waals surface area contributed by atoms with Crippen LogP contribution in [-0.2, 0) is 19.8 Å². The van der Waals surface area contributed by atoms with Crippen LogP contribution in [0.1, 0.15) is 50.2 Å². The summed E-state index contributed by atoms with van der Waals surface area (Å²) in [6.45, 7) is 6.02. The van der Waals surface area contributed by atoms with Crippen molar-refractivity contribution in [1.29, 1.82) is 0 Å². The average Bonchev–Trinajstić information content (AvgIpc) is 2.98. The van der Waals surface area contributed by atoms with Crippen LogP contribution in [0.15, 0.2) is 77.4 Å². The van der Waals surface area contributed by atoms with E-state index < -0.39 is 22.2 Å². The molecule has 0 spiro atoms. The van der Waals surface area contributed by atoms with Crippen molar-refractivity contribution in [1.82, 2.24) is 20.4 Å². The molecule has 216 valence electrons. The van der Waals surface area contributed by atoms with E-state index in [0.717, 1.165) is 17.7 Å². The highest BCUT2D eigenvalue weighted by Crippen LogP contribution is 2.39. The summed E-state index contributed by atoms with van der Waals surface area (Å²) in [5, 5.41) is 27.3. The second kappa shape index (κ2) is 12.8. The highest BCUT2D eigenvalue weighted by molar-refractivity contribution is 5.81. The maximum atomic E-state index is 12.4. The molecule has 2 amide bonds. The molecule has 2 aromatic rings. The van der Waals surface area contributed by atoms with E-state index in [9.17, 15) is 29.6 Å². The molecule has 1 unspecified atom stereocenters. The molecule has 1 atom stereocenters. The van der Waals surface area contributed by atoms with Gasteiger partial charge in [-0.1, -0.05) is 42.5 Å². The lowest BCUT2D eigenvalue weighted by atomic mass is 9.73. The van der Waals surface area contributed by atoms with E-state index in [-0.39, 0.29) is 5.69 Å². The Morgan fingerprint density at radius 1 is 1.12 bits per heavy atom. The van der Waals surface area contributed by atoms with Crippen molar-refractivity contribution in [3.05, 3.63) is 98.6 Å². The Labute approximate surface area is 238 Å². The number of amides is 2. The summed E-state index contributed by atoms with van der Waals surface area (Å²) < 4.78 is 0. The van der Waals surface area contributed by atoms with Gasteiger partial charge in [-0.25, -0.2) is 0 Å². The predicted molar refractivity (Wildman–Crippen MR) is 152 cm³/mol. The number of nitro benzene ring substituents is 1. The molecule has 1 saturated heterocycles. The maximum absolute atomic E-state index is 12.4. The van der Waals surface area contributed by atoms with E-state index in [1.165, 1.54) is 12.1 Å². The molecule has 0 aliphatic carbocycles. The summed E-state index contributed by atoms with van der Waals surface area (Å²) in [5.41, 5.74) is 3.23. The minimum Gasteiger partial charge on any atom is -0.481 e. The number of dihydropyridines is 1. The highest BCUT2D eigenvalue weighted by Gasteiger charge is 2.43. The minimum absolute atomic E-state index is 0.0523. The molecule has 41 heavy (non-hydrogen) atoms. The number of aliphatic carboxylic acids is 1. The number of nitrogens with one attached hydrogen (secondary N) is 2. The number of benzene rings is 2. The minimum atomic E-state index is -0.896. The van der Waals surface area contributed by atoms with Gasteiger partial charge in [0.25, 0.3) is 5.69 Å². The SMILES string of the molecule is CC1=C(NC=O)C(c2ccc([N+](=O)[O-])cc2)C(N(C=O)CCCN2CCC(C(=O)O)(c3ccccc3)CC2)=C(C)N1. The summed E-state index contributed by atoms with van der Waals surface area (Å²) in [6.07, 6.45) is 2.99. The second-order valence-electron chi connectivity index (χ2n) is 10.5. The molecular formula is C30H35N5O6. The van der Waals surface area contributed by atoms with Gasteiger partial charge in [-0.3, -0.25) is 24.5 Å². The predicted octanol–water partition coefficient (Wildman–Crippen LogP) is 3.46. The van der Waals surface area contributed by atoms with Crippen molar-refractivity contribution in [2.24, 2.45) is 0 Å². The molecule has 0 saturated carbocycles. The lowest BCUT2D eigenvalue weighted by Crippen LogP contribution is -2.47. The Hall–Kier alpha value is -4.51. The van der Waals surface area contributed by atoms with Gasteiger partial charge in [0.15, 0.2) is 0 Å². The molecule has 11 heteroatoms. The molecule has 2 aromatic carbocycles. The van der Waals surface area contributed by atoms with Crippen LogP contribution in [0.4, 0.5) is 5.69 Å². The Morgan fingerprint density at radius 2 is 1.78 bits per heavy atom. The standard InChI is InChI=1S/C30H35N5O6/c1-21-27(31-19-36)26(23-9-11-25(12-10-23)35(40)41)28(22(2)32-21)34(20-37)16-6-15-33-17-13-30(14-18-33,29(38)39)24-7-4-3-5-8-24/h3-5,7-12,19-20,26,32H,6,13-18H2,1-2H3,(H,31,36)(H,38,39). The first-order valence-electron chi connectivity index (χ1n) is 13.6. The Bertz CT molecular complexity index is 1350. The van der Waals surface area contributed by atoms with Crippen molar-refractivity contribution in [2.75, 3.05) is 26.2 Å². The van der Waals surface area contributed by atoms with Gasteiger partial charge < -0.3 is 25.5 Å². The quantitative estimate of drug-likeness (QED) is 0.203. The number of allylic oxidation sites excluding steroid dienone is 2. The molecule has 11 nitrogen and oxygen atoms in total. The smallest absolute Gasteiger partial charge is 0.314 e. The zero-order chi connectivity index (χ0) is 29.6. The average molecular weight is 562 g/mol. The number of carbonyl (C=O) groups is 3. The molecule has 2 aliphatic rings. The topological polar surface area (TPSA) is 145 Å². The zero-order valence-electron chi connectivity index (χ0n) is 23.2. The number of rotatable bonds is 12. The lowest BCUT2D eigenvalue weighted by molar-refractivity contribution is -0.384. The van der Waals surface area contributed by atoms with Crippen LogP contribution in [0.25, 0.3) is 0 Å². The Kier molecular flexibility index (Phi) is 9.18. The van der Waals surface area contributed by atoms with E-state index in [1.54, 1.807) is 17.0 Å². The number of carboxylic acid groups (broad SMARTS) is 1. The second-order valence-corrected chi connectivity index (χ2v) is 10.5. The number of hydrogen-bond acceptors (Lipinski definition) is 7. The van der Waals surface area contributed by atoms with Gasteiger partial charge in [0.2, 0.25) is 12.8 Å². The van der Waals surface area contributed by atoms with E-state index in [0.29, 0.717) is 74.5 Å². The van der Waals surface area contributed by atoms with Crippen molar-refractivity contribution >= 4 is 24.5 Å². The van der Waals surface area contributed by atoms with Crippen molar-refractivity contribution in [3.63, 3.8) is 0 Å². The van der Waals surface area contributed by atoms with Gasteiger partial charge in [0.05, 0.1) is 27.7 Å². The molecule has 0 radical (unpaired) electrons. The van der Waals surface area contributed by atoms with E-state index >= 15 is 0 Å². The molecule has 3 N–H and O–H groups in total. The highest BCUT2D eigenvalue weighted by atomic mass is 16.6. The first-order valence-corrected chi connectivity index (χ1v) is 13.6. The van der Waals surface area contributed by atoms with Gasteiger partial charge in [0, 0.05) is 30.1 Å². The van der Waals surface area contributed by atoms with E-state index in [4.69, 9.17) is 0 Å². The van der Waals surface area contributed by atoms with Crippen LogP contribution in [-0.4, -0.2) is 64.8 Å². The largest absolute Gasteiger partial charge is 0.481 e. The summed E-state index contributed by atoms with van der Waals surface area (Å²) in [5.74, 6) is -1.33. The number of hydrogen-bond donors (Lipinski definition) is 3. The normalized spacial score (nSPS) is 18.8. The molecule has 0 aromatic heterocycles. The van der Waals surface area contributed by atoms with Crippen LogP contribution in [0.5, 0.6) is 0 Å². The first-order chi connectivity index (χ1) is 19.7. The third kappa shape index (κ3) is 6.14. The van der Waals surface area contributed by atoms with Gasteiger partial charge in [-0.15, -0.1) is 0 Å². The summed E-state index contributed by atoms with van der Waals surface area (Å²) in [7, 11) is 0. The number of piperidine rings is 1. The zero-order valence-corrected chi connectivity index (χ0v) is 23.2. The lowest BCUT2D eigenvalue weighted by Gasteiger charge is -2.40. The third-order valence-electron chi connectivity index (χ3n) is 8.13. The number of non-ortho nitro benzene ring substituents is 1. The van der Waals surface area contributed by atoms with Crippen molar-refractivity contribution in [2.45, 2.75) is 44.4 Å². The number of carboxylic acids is 1. The van der Waals surface area contributed by atoms with Gasteiger partial charge in [-0.2, -0.15) is 0 Å². The number of nitrogens with zero attached hydrogens (tertiary/aromatic N) is 3. The number of nitro groups is 1. The van der Waals surface area contributed by atoms with Crippen molar-refractivity contribution < 1.29 is 24.4 Å². The van der Waals surface area contributed by atoms with Gasteiger partial charge >= 0.3 is 5.97 Å². The van der Waals surface area contributed by atoms with Crippen LogP contribution in [0.3, 0.4) is 0 Å². The van der Waals surface area contributed by atoms with Gasteiger partial charge in [-0.05, 0) is 63.9 Å². The first kappa shape index (κ1) is 29.5. The van der Waals surface area contributed by atoms with E-state index in [1.807, 2.05) is 44.2 Å². The fourth-order valence-electron chi connectivity index (χ4n) is 5.97. The van der Waals surface area contributed by atoms with Crippen LogP contribution in [0.2, 0.25) is 0 Å². The van der Waals surface area contributed by atoms with Crippen molar-refractivity contribution in [3.8, 4) is 0 Å². The summed E-state index contributed by atoms with van der Waals surface area (Å²) in [6, 6.07) is 15.5. The van der Waals surface area contributed by atoms with Gasteiger partial charge in [0.1, 0.15) is 0 Å². The fraction of sp³-hybridized carbons (Fsp3) is 0.367. The monoisotopic (exact) mass is 561 g/mol.